The monoisotopic (exact) mass is 518 g/mol. The molecule has 0 spiro atoms. The predicted octanol–water partition coefficient (Wildman–Crippen LogP) is 5.72. The van der Waals surface area contributed by atoms with Gasteiger partial charge in [0.25, 0.3) is 5.91 Å². The van der Waals surface area contributed by atoms with E-state index in [1.54, 1.807) is 6.07 Å². The topological polar surface area (TPSA) is 69.6 Å². The summed E-state index contributed by atoms with van der Waals surface area (Å²) in [6.07, 6.45) is -0.176. The summed E-state index contributed by atoms with van der Waals surface area (Å²) in [6.45, 7) is 4.94. The van der Waals surface area contributed by atoms with Crippen LogP contribution in [0.15, 0.2) is 66.7 Å². The van der Waals surface area contributed by atoms with E-state index in [0.29, 0.717) is 36.4 Å². The Morgan fingerprint density at radius 2 is 1.84 bits per heavy atom. The van der Waals surface area contributed by atoms with Gasteiger partial charge in [-0.1, -0.05) is 50.2 Å². The summed E-state index contributed by atoms with van der Waals surface area (Å²) >= 11 is 0. The zero-order chi connectivity index (χ0) is 26.8. The number of nitrogens with zero attached hydrogens (tertiary/aromatic N) is 1. The number of ether oxygens (including phenoxy) is 2. The Hall–Kier alpha value is -4.20. The smallest absolute Gasteiger partial charge is 0.347 e. The van der Waals surface area contributed by atoms with Crippen molar-refractivity contribution in [3.8, 4) is 5.75 Å². The minimum Gasteiger partial charge on any atom is -0.479 e. The van der Waals surface area contributed by atoms with E-state index in [4.69, 9.17) is 9.47 Å². The molecular formula is C30H28F2N2O4. The lowest BCUT2D eigenvalue weighted by Gasteiger charge is -2.16. The normalized spacial score (nSPS) is 15.2. The molecule has 1 amide bonds. The second-order valence-corrected chi connectivity index (χ2v) is 9.66. The van der Waals surface area contributed by atoms with E-state index in [0.717, 1.165) is 34.3 Å². The summed E-state index contributed by atoms with van der Waals surface area (Å²) in [5.74, 6) is -2.09. The molecule has 196 valence electrons. The zero-order valence-electron chi connectivity index (χ0n) is 21.2. The van der Waals surface area contributed by atoms with Crippen molar-refractivity contribution >= 4 is 22.8 Å². The Balaban J connectivity index is 1.56. The molecule has 38 heavy (non-hydrogen) atoms. The molecule has 0 aliphatic carbocycles. The molecule has 1 fully saturated rings. The van der Waals surface area contributed by atoms with Crippen molar-refractivity contribution in [2.24, 2.45) is 0 Å². The Labute approximate surface area is 219 Å². The van der Waals surface area contributed by atoms with Crippen molar-refractivity contribution in [1.82, 2.24) is 9.88 Å². The second-order valence-electron chi connectivity index (χ2n) is 9.66. The molecule has 1 N–H and O–H groups in total. The number of benzene rings is 3. The van der Waals surface area contributed by atoms with Crippen molar-refractivity contribution < 1.29 is 27.8 Å². The Morgan fingerprint density at radius 3 is 2.53 bits per heavy atom. The number of hydrogen-bond acceptors (Lipinski definition) is 4. The third-order valence-electron chi connectivity index (χ3n) is 6.64. The molecule has 1 saturated heterocycles. The molecule has 8 heteroatoms. The first-order valence-corrected chi connectivity index (χ1v) is 12.6. The number of rotatable bonds is 8. The molecule has 0 radical (unpaired) electrons. The molecule has 5 rings (SSSR count). The molecule has 1 aromatic heterocycles. The fraction of sp³-hybridized carbons (Fsp3) is 0.267. The van der Waals surface area contributed by atoms with Crippen LogP contribution in [0.3, 0.4) is 0 Å². The van der Waals surface area contributed by atoms with Crippen molar-refractivity contribution in [2.45, 2.75) is 45.4 Å². The highest BCUT2D eigenvalue weighted by atomic mass is 19.2. The predicted molar refractivity (Wildman–Crippen MR) is 139 cm³/mol. The number of hydrogen-bond donors (Lipinski definition) is 1. The van der Waals surface area contributed by atoms with Gasteiger partial charge in [-0.05, 0) is 41.3 Å². The molecule has 1 aliphatic rings. The van der Waals surface area contributed by atoms with Gasteiger partial charge in [0.2, 0.25) is 0 Å². The first kappa shape index (κ1) is 25.4. The summed E-state index contributed by atoms with van der Waals surface area (Å²) in [7, 11) is 0. The summed E-state index contributed by atoms with van der Waals surface area (Å²) in [6, 6.07) is 18.9. The minimum absolute atomic E-state index is 0.00990. The Bertz CT molecular complexity index is 1500. The van der Waals surface area contributed by atoms with E-state index in [1.165, 1.54) is 6.07 Å². The van der Waals surface area contributed by atoms with E-state index < -0.39 is 17.7 Å². The highest BCUT2D eigenvalue weighted by Crippen LogP contribution is 2.35. The van der Waals surface area contributed by atoms with Gasteiger partial charge in [-0.15, -0.1) is 0 Å². The second kappa shape index (κ2) is 10.7. The van der Waals surface area contributed by atoms with Crippen LogP contribution < -0.4 is 10.1 Å². The number of carbonyl (C=O) groups is 2. The average Bonchev–Trinajstić information content (AvgIpc) is 3.45. The molecule has 2 heterocycles. The number of aromatic nitrogens is 1. The number of fused-ring (bicyclic) bond motifs is 1. The van der Waals surface area contributed by atoms with Crippen molar-refractivity contribution in [2.75, 3.05) is 6.61 Å². The van der Waals surface area contributed by atoms with Gasteiger partial charge in [-0.25, -0.2) is 13.6 Å². The van der Waals surface area contributed by atoms with Crippen LogP contribution in [0, 0.1) is 11.6 Å². The first-order valence-electron chi connectivity index (χ1n) is 12.6. The molecule has 0 bridgehead atoms. The van der Waals surface area contributed by atoms with Crippen LogP contribution in [-0.4, -0.2) is 29.2 Å². The summed E-state index contributed by atoms with van der Waals surface area (Å²) in [4.78, 5) is 25.6. The molecule has 6 nitrogen and oxygen atoms in total. The van der Waals surface area contributed by atoms with Gasteiger partial charge in [-0.2, -0.15) is 0 Å². The summed E-state index contributed by atoms with van der Waals surface area (Å²) in [5.41, 5.74) is 3.66. The van der Waals surface area contributed by atoms with Crippen molar-refractivity contribution in [3.05, 3.63) is 101 Å². The maximum atomic E-state index is 13.7. The molecule has 0 saturated carbocycles. The summed E-state index contributed by atoms with van der Waals surface area (Å²) in [5, 5.41) is 3.60. The lowest BCUT2D eigenvalue weighted by molar-refractivity contribution is -0.143. The quantitative estimate of drug-likeness (QED) is 0.303. The van der Waals surface area contributed by atoms with Crippen LogP contribution in [0.2, 0.25) is 0 Å². The highest BCUT2D eigenvalue weighted by Gasteiger charge is 2.29. The lowest BCUT2D eigenvalue weighted by Crippen LogP contribution is -2.24. The molecule has 1 aliphatic heterocycles. The van der Waals surface area contributed by atoms with Crippen LogP contribution >= 0.6 is 0 Å². The third kappa shape index (κ3) is 5.11. The average molecular weight is 519 g/mol. The molecular weight excluding hydrogens is 490 g/mol. The van der Waals surface area contributed by atoms with Gasteiger partial charge in [0.15, 0.2) is 17.7 Å². The standard InChI is InChI=1S/C30H28F2N2O4/c1-18(2)28-27(29(35)33-16-20-8-11-23(31)24(32)14-20)22-10-9-21(38-26-12-13-37-30(26)36)15-25(22)34(28)17-19-6-4-3-5-7-19/h3-11,14-15,18,26H,12-13,16-17H2,1-2H3,(H,33,35). The van der Waals surface area contributed by atoms with Crippen LogP contribution in [0.25, 0.3) is 10.9 Å². The number of cyclic esters (lactones) is 1. The van der Waals surface area contributed by atoms with Crippen molar-refractivity contribution in [3.63, 3.8) is 0 Å². The van der Waals surface area contributed by atoms with Crippen LogP contribution in [0.1, 0.15) is 53.4 Å². The van der Waals surface area contributed by atoms with E-state index in [1.807, 2.05) is 56.3 Å². The molecule has 3 aromatic carbocycles. The van der Waals surface area contributed by atoms with Gasteiger partial charge < -0.3 is 19.4 Å². The van der Waals surface area contributed by atoms with Crippen LogP contribution in [0.4, 0.5) is 8.78 Å². The van der Waals surface area contributed by atoms with Gasteiger partial charge in [0, 0.05) is 36.7 Å². The van der Waals surface area contributed by atoms with Crippen molar-refractivity contribution in [1.29, 1.82) is 0 Å². The molecule has 1 unspecified atom stereocenters. The fourth-order valence-corrected chi connectivity index (χ4v) is 4.87. The van der Waals surface area contributed by atoms with Gasteiger partial charge in [0.1, 0.15) is 5.75 Å². The maximum absolute atomic E-state index is 13.7. The van der Waals surface area contributed by atoms with Gasteiger partial charge >= 0.3 is 5.97 Å². The number of nitrogens with one attached hydrogen (secondary N) is 1. The van der Waals surface area contributed by atoms with E-state index >= 15 is 0 Å². The van der Waals surface area contributed by atoms with Gasteiger partial charge in [0.05, 0.1) is 17.7 Å². The number of amides is 1. The summed E-state index contributed by atoms with van der Waals surface area (Å²) < 4.78 is 40.1. The maximum Gasteiger partial charge on any atom is 0.347 e. The SMILES string of the molecule is CC(C)c1c(C(=O)NCc2ccc(F)c(F)c2)c2ccc(OC3CCOC3=O)cc2n1Cc1ccccc1. The third-order valence-corrected chi connectivity index (χ3v) is 6.64. The Kier molecular flexibility index (Phi) is 7.13. The fourth-order valence-electron chi connectivity index (χ4n) is 4.87. The van der Waals surface area contributed by atoms with E-state index in [-0.39, 0.29) is 24.3 Å². The van der Waals surface area contributed by atoms with Crippen LogP contribution in [0.5, 0.6) is 5.75 Å². The molecule has 4 aromatic rings. The Morgan fingerprint density at radius 1 is 1.05 bits per heavy atom. The first-order chi connectivity index (χ1) is 18.3. The number of halogens is 2. The minimum atomic E-state index is -0.960. The van der Waals surface area contributed by atoms with Crippen LogP contribution in [-0.2, 0) is 22.6 Å². The van der Waals surface area contributed by atoms with Gasteiger partial charge in [-0.3, -0.25) is 4.79 Å². The highest BCUT2D eigenvalue weighted by molar-refractivity contribution is 6.09. The number of esters is 1. The zero-order valence-corrected chi connectivity index (χ0v) is 21.2. The van der Waals surface area contributed by atoms with E-state index in [2.05, 4.69) is 9.88 Å². The lowest BCUT2D eigenvalue weighted by atomic mass is 10.0. The largest absolute Gasteiger partial charge is 0.479 e. The van der Waals surface area contributed by atoms with E-state index in [9.17, 15) is 18.4 Å². The molecule has 1 atom stereocenters. The number of carbonyl (C=O) groups excluding carboxylic acids is 2.